The van der Waals surface area contributed by atoms with E-state index in [0.717, 1.165) is 16.7 Å². The molecule has 1 N–H and O–H groups in total. The predicted molar refractivity (Wildman–Crippen MR) is 113 cm³/mol. The Hall–Kier alpha value is -3.67. The fourth-order valence-corrected chi connectivity index (χ4v) is 2.88. The molecule has 0 saturated heterocycles. The maximum Gasteiger partial charge on any atom is 0.308 e. The van der Waals surface area contributed by atoms with E-state index in [0.29, 0.717) is 11.5 Å². The minimum Gasteiger partial charge on any atom is -0.461 e. The van der Waals surface area contributed by atoms with Crippen LogP contribution in [0.15, 0.2) is 73.1 Å². The van der Waals surface area contributed by atoms with Crippen molar-refractivity contribution < 1.29 is 19.1 Å². The molecule has 0 aliphatic carbocycles. The second-order valence-corrected chi connectivity index (χ2v) is 6.96. The molecule has 0 aliphatic heterocycles. The van der Waals surface area contributed by atoms with Crippen LogP contribution in [0.1, 0.15) is 36.1 Å². The van der Waals surface area contributed by atoms with Crippen LogP contribution < -0.4 is 10.1 Å². The number of aromatic nitrogens is 1. The van der Waals surface area contributed by atoms with Crippen LogP contribution in [0.2, 0.25) is 0 Å². The monoisotopic (exact) mass is 404 g/mol. The molecule has 1 heterocycles. The van der Waals surface area contributed by atoms with E-state index in [1.165, 1.54) is 6.92 Å². The molecule has 0 fully saturated rings. The third-order valence-corrected chi connectivity index (χ3v) is 4.42. The van der Waals surface area contributed by atoms with Crippen molar-refractivity contribution in [3.8, 4) is 11.5 Å². The van der Waals surface area contributed by atoms with Gasteiger partial charge >= 0.3 is 5.97 Å². The summed E-state index contributed by atoms with van der Waals surface area (Å²) < 4.78 is 11.1. The van der Waals surface area contributed by atoms with Gasteiger partial charge in [0.1, 0.15) is 18.1 Å². The number of benzene rings is 2. The van der Waals surface area contributed by atoms with Crippen molar-refractivity contribution in [2.24, 2.45) is 0 Å². The van der Waals surface area contributed by atoms with Crippen LogP contribution in [0.25, 0.3) is 0 Å². The number of nitrogens with one attached hydrogen (secondary N) is 1. The summed E-state index contributed by atoms with van der Waals surface area (Å²) in [6.07, 6.45) is 3.37. The first-order valence-corrected chi connectivity index (χ1v) is 9.66. The van der Waals surface area contributed by atoms with Gasteiger partial charge in [0, 0.05) is 13.1 Å². The number of carbonyl (C=O) groups excluding carboxylic acids is 2. The Bertz CT molecular complexity index is 970. The van der Waals surface area contributed by atoms with Gasteiger partial charge in [-0.25, -0.2) is 0 Å². The van der Waals surface area contributed by atoms with Gasteiger partial charge in [-0.2, -0.15) is 0 Å². The SMILES string of the molecule is CC(=O)NC(CC(=O)OCc1ccc(Oc2cccnc2)cc1)c1ccc(C)cc1. The number of ether oxygens (including phenoxy) is 2. The van der Waals surface area contributed by atoms with E-state index in [2.05, 4.69) is 10.3 Å². The highest BCUT2D eigenvalue weighted by Gasteiger charge is 2.18. The highest BCUT2D eigenvalue weighted by atomic mass is 16.5. The molecule has 154 valence electrons. The standard InChI is InChI=1S/C24H24N2O4/c1-17-5-9-20(10-6-17)23(26-18(2)27)14-24(28)29-16-19-7-11-21(12-8-19)30-22-4-3-13-25-15-22/h3-13,15,23H,14,16H2,1-2H3,(H,26,27). The minimum absolute atomic E-state index is 0.0604. The number of amides is 1. The first-order chi connectivity index (χ1) is 14.5. The zero-order chi connectivity index (χ0) is 21.3. The fraction of sp³-hybridized carbons (Fsp3) is 0.208. The molecule has 6 nitrogen and oxygen atoms in total. The lowest BCUT2D eigenvalue weighted by atomic mass is 10.0. The van der Waals surface area contributed by atoms with E-state index in [9.17, 15) is 9.59 Å². The number of aryl methyl sites for hydroxylation is 1. The summed E-state index contributed by atoms with van der Waals surface area (Å²) in [5.74, 6) is 0.738. The Balaban J connectivity index is 1.54. The zero-order valence-electron chi connectivity index (χ0n) is 17.0. The quantitative estimate of drug-likeness (QED) is 0.560. The van der Waals surface area contributed by atoms with E-state index in [4.69, 9.17) is 9.47 Å². The third kappa shape index (κ3) is 6.44. The number of rotatable bonds is 8. The van der Waals surface area contributed by atoms with Crippen molar-refractivity contribution in [1.29, 1.82) is 0 Å². The smallest absolute Gasteiger partial charge is 0.308 e. The molecule has 0 radical (unpaired) electrons. The first-order valence-electron chi connectivity index (χ1n) is 9.66. The van der Waals surface area contributed by atoms with Crippen LogP contribution in [0.4, 0.5) is 0 Å². The molecule has 6 heteroatoms. The van der Waals surface area contributed by atoms with Crippen molar-refractivity contribution in [2.75, 3.05) is 0 Å². The number of nitrogens with zero attached hydrogens (tertiary/aromatic N) is 1. The molecular formula is C24H24N2O4. The predicted octanol–water partition coefficient (Wildman–Crippen LogP) is 4.49. The average molecular weight is 404 g/mol. The van der Waals surface area contributed by atoms with E-state index in [1.807, 2.05) is 61.5 Å². The van der Waals surface area contributed by atoms with Gasteiger partial charge in [0.2, 0.25) is 5.91 Å². The molecular weight excluding hydrogens is 380 g/mol. The van der Waals surface area contributed by atoms with Crippen molar-refractivity contribution >= 4 is 11.9 Å². The summed E-state index contributed by atoms with van der Waals surface area (Å²) in [5.41, 5.74) is 2.82. The minimum atomic E-state index is -0.425. The number of esters is 1. The summed E-state index contributed by atoms with van der Waals surface area (Å²) in [4.78, 5) is 27.9. The first kappa shape index (κ1) is 21.0. The number of hydrogen-bond donors (Lipinski definition) is 1. The molecule has 0 spiro atoms. The largest absolute Gasteiger partial charge is 0.461 e. The van der Waals surface area contributed by atoms with Crippen LogP contribution >= 0.6 is 0 Å². The molecule has 0 bridgehead atoms. The van der Waals surface area contributed by atoms with Gasteiger partial charge in [-0.15, -0.1) is 0 Å². The highest BCUT2D eigenvalue weighted by Crippen LogP contribution is 2.22. The molecule has 1 aromatic heterocycles. The van der Waals surface area contributed by atoms with E-state index in [1.54, 1.807) is 18.5 Å². The van der Waals surface area contributed by atoms with Crippen molar-refractivity contribution in [3.63, 3.8) is 0 Å². The molecule has 1 unspecified atom stereocenters. The second-order valence-electron chi connectivity index (χ2n) is 6.96. The van der Waals surface area contributed by atoms with Gasteiger partial charge in [0.25, 0.3) is 0 Å². The lowest BCUT2D eigenvalue weighted by Crippen LogP contribution is -2.28. The Morgan fingerprint density at radius 3 is 2.37 bits per heavy atom. The van der Waals surface area contributed by atoms with Crippen LogP contribution in [-0.4, -0.2) is 16.9 Å². The van der Waals surface area contributed by atoms with Gasteiger partial charge in [0.15, 0.2) is 0 Å². The summed E-state index contributed by atoms with van der Waals surface area (Å²) in [6.45, 7) is 3.56. The number of pyridine rings is 1. The summed E-state index contributed by atoms with van der Waals surface area (Å²) >= 11 is 0. The molecule has 30 heavy (non-hydrogen) atoms. The van der Waals surface area contributed by atoms with Gasteiger partial charge in [-0.1, -0.05) is 42.0 Å². The average Bonchev–Trinajstić information content (AvgIpc) is 2.74. The summed E-state index contributed by atoms with van der Waals surface area (Å²) in [6, 6.07) is 18.2. The zero-order valence-corrected chi connectivity index (χ0v) is 17.0. The second kappa shape index (κ2) is 10.2. The number of hydrogen-bond acceptors (Lipinski definition) is 5. The van der Waals surface area contributed by atoms with Gasteiger partial charge < -0.3 is 14.8 Å². The van der Waals surface area contributed by atoms with Gasteiger partial charge in [-0.05, 0) is 42.3 Å². The maximum absolute atomic E-state index is 12.4. The molecule has 1 amide bonds. The lowest BCUT2D eigenvalue weighted by molar-refractivity contribution is -0.145. The van der Waals surface area contributed by atoms with Crippen LogP contribution in [0.5, 0.6) is 11.5 Å². The molecule has 3 rings (SSSR count). The van der Waals surface area contributed by atoms with Crippen molar-refractivity contribution in [2.45, 2.75) is 32.9 Å². The summed E-state index contributed by atoms with van der Waals surface area (Å²) in [7, 11) is 0. The van der Waals surface area contributed by atoms with Crippen molar-refractivity contribution in [1.82, 2.24) is 10.3 Å². The number of carbonyl (C=O) groups is 2. The summed E-state index contributed by atoms with van der Waals surface area (Å²) in [5, 5.41) is 2.81. The fourth-order valence-electron chi connectivity index (χ4n) is 2.88. The van der Waals surface area contributed by atoms with Gasteiger partial charge in [0.05, 0.1) is 18.7 Å². The van der Waals surface area contributed by atoms with Crippen LogP contribution in [0, 0.1) is 6.92 Å². The topological polar surface area (TPSA) is 77.5 Å². The molecule has 1 atom stereocenters. The Morgan fingerprint density at radius 1 is 1.00 bits per heavy atom. The van der Waals surface area contributed by atoms with E-state index < -0.39 is 6.04 Å². The van der Waals surface area contributed by atoms with Crippen molar-refractivity contribution in [3.05, 3.63) is 89.7 Å². The lowest BCUT2D eigenvalue weighted by Gasteiger charge is -2.18. The normalized spacial score (nSPS) is 11.4. The Labute approximate surface area is 175 Å². The van der Waals surface area contributed by atoms with Crippen LogP contribution in [0.3, 0.4) is 0 Å². The van der Waals surface area contributed by atoms with Gasteiger partial charge in [-0.3, -0.25) is 14.6 Å². The Kier molecular flexibility index (Phi) is 7.16. The molecule has 0 saturated carbocycles. The van der Waals surface area contributed by atoms with Crippen LogP contribution in [-0.2, 0) is 20.9 Å². The van der Waals surface area contributed by atoms with E-state index in [-0.39, 0.29) is 24.9 Å². The highest BCUT2D eigenvalue weighted by molar-refractivity contribution is 5.76. The molecule has 2 aromatic carbocycles. The molecule has 0 aliphatic rings. The molecule has 3 aromatic rings. The van der Waals surface area contributed by atoms with E-state index >= 15 is 0 Å². The maximum atomic E-state index is 12.4. The third-order valence-electron chi connectivity index (χ3n) is 4.42. The Morgan fingerprint density at radius 2 is 1.73 bits per heavy atom.